The summed E-state index contributed by atoms with van der Waals surface area (Å²) in [6.45, 7) is 0.780. The number of carbonyl (C=O) groups is 3. The second-order valence-electron chi connectivity index (χ2n) is 6.77. The van der Waals surface area contributed by atoms with Gasteiger partial charge in [-0.05, 0) is 29.3 Å². The van der Waals surface area contributed by atoms with E-state index in [2.05, 4.69) is 10.6 Å². The molecular formula is C20H22N2O5. The minimum absolute atomic E-state index is 0.0701. The smallest absolute Gasteiger partial charge is 0.305 e. The van der Waals surface area contributed by atoms with Gasteiger partial charge in [-0.25, -0.2) is 0 Å². The van der Waals surface area contributed by atoms with Gasteiger partial charge in [-0.2, -0.15) is 0 Å². The molecule has 1 unspecified atom stereocenters. The van der Waals surface area contributed by atoms with Gasteiger partial charge in [-0.1, -0.05) is 30.3 Å². The average Bonchev–Trinajstić information content (AvgIpc) is 3.08. The van der Waals surface area contributed by atoms with E-state index in [0.29, 0.717) is 18.6 Å². The highest BCUT2D eigenvalue weighted by atomic mass is 16.5. The lowest BCUT2D eigenvalue weighted by Crippen LogP contribution is -2.51. The first-order chi connectivity index (χ1) is 13.0. The number of aliphatic carboxylic acids is 1. The molecule has 1 heterocycles. The standard InChI is InChI=1S/C20H22N2O5/c23-17(22-20(12-18(24)25)8-10-27-13-20)7-9-21-19(26)16-6-5-14-3-1-2-4-15(14)11-16/h1-6,11H,7-10,12-13H2,(H,21,26)(H,22,23)(H,24,25). The second-order valence-corrected chi connectivity index (χ2v) is 6.77. The number of hydrogen-bond acceptors (Lipinski definition) is 4. The Balaban J connectivity index is 1.51. The number of rotatable bonds is 7. The van der Waals surface area contributed by atoms with Crippen molar-refractivity contribution in [2.45, 2.75) is 24.8 Å². The van der Waals surface area contributed by atoms with Crippen LogP contribution in [0.4, 0.5) is 0 Å². The van der Waals surface area contributed by atoms with Crippen LogP contribution in [0.5, 0.6) is 0 Å². The molecule has 2 amide bonds. The largest absolute Gasteiger partial charge is 0.481 e. The van der Waals surface area contributed by atoms with Crippen molar-refractivity contribution in [2.75, 3.05) is 19.8 Å². The van der Waals surface area contributed by atoms with Crippen LogP contribution in [-0.4, -0.2) is 48.2 Å². The molecule has 0 aromatic heterocycles. The zero-order valence-electron chi connectivity index (χ0n) is 14.9. The number of carboxylic acids is 1. The third-order valence-corrected chi connectivity index (χ3v) is 4.65. The number of benzene rings is 2. The van der Waals surface area contributed by atoms with E-state index in [1.165, 1.54) is 0 Å². The van der Waals surface area contributed by atoms with Gasteiger partial charge < -0.3 is 20.5 Å². The number of carboxylic acid groups (broad SMARTS) is 1. The molecular weight excluding hydrogens is 348 g/mol. The predicted molar refractivity (Wildman–Crippen MR) is 99.5 cm³/mol. The molecule has 2 aromatic rings. The fourth-order valence-electron chi connectivity index (χ4n) is 3.26. The van der Waals surface area contributed by atoms with E-state index >= 15 is 0 Å². The number of fused-ring (bicyclic) bond motifs is 1. The SMILES string of the molecule is O=C(O)CC1(NC(=O)CCNC(=O)c2ccc3ccccc3c2)CCOC1. The quantitative estimate of drug-likeness (QED) is 0.688. The second kappa shape index (κ2) is 8.18. The highest BCUT2D eigenvalue weighted by Crippen LogP contribution is 2.22. The first-order valence-electron chi connectivity index (χ1n) is 8.85. The molecule has 1 saturated heterocycles. The van der Waals surface area contributed by atoms with E-state index in [-0.39, 0.29) is 37.8 Å². The van der Waals surface area contributed by atoms with Crippen LogP contribution in [0.25, 0.3) is 10.8 Å². The van der Waals surface area contributed by atoms with E-state index in [0.717, 1.165) is 10.8 Å². The first kappa shape index (κ1) is 18.8. The summed E-state index contributed by atoms with van der Waals surface area (Å²) in [6, 6.07) is 13.2. The monoisotopic (exact) mass is 370 g/mol. The van der Waals surface area contributed by atoms with Crippen molar-refractivity contribution in [3.8, 4) is 0 Å². The highest BCUT2D eigenvalue weighted by Gasteiger charge is 2.38. The van der Waals surface area contributed by atoms with Crippen LogP contribution in [0.15, 0.2) is 42.5 Å². The number of amides is 2. The molecule has 1 atom stereocenters. The third kappa shape index (κ3) is 4.83. The number of carbonyl (C=O) groups excluding carboxylic acids is 2. The van der Waals surface area contributed by atoms with E-state index in [9.17, 15) is 14.4 Å². The molecule has 1 aliphatic rings. The Bertz CT molecular complexity index is 858. The summed E-state index contributed by atoms with van der Waals surface area (Å²) in [6.07, 6.45) is 0.358. The maximum atomic E-state index is 12.3. The zero-order chi connectivity index (χ0) is 19.3. The maximum absolute atomic E-state index is 12.3. The molecule has 1 fully saturated rings. The van der Waals surface area contributed by atoms with E-state index in [4.69, 9.17) is 9.84 Å². The molecule has 0 aliphatic carbocycles. The highest BCUT2D eigenvalue weighted by molar-refractivity contribution is 5.98. The van der Waals surface area contributed by atoms with Crippen molar-refractivity contribution >= 4 is 28.6 Å². The van der Waals surface area contributed by atoms with Crippen LogP contribution in [0.3, 0.4) is 0 Å². The lowest BCUT2D eigenvalue weighted by molar-refractivity contribution is -0.139. The Labute approximate surface area is 156 Å². The number of ether oxygens (including phenoxy) is 1. The van der Waals surface area contributed by atoms with Gasteiger partial charge in [0.25, 0.3) is 5.91 Å². The molecule has 2 aromatic carbocycles. The van der Waals surface area contributed by atoms with E-state index in [1.807, 2.05) is 36.4 Å². The molecule has 7 nitrogen and oxygen atoms in total. The molecule has 0 saturated carbocycles. The van der Waals surface area contributed by atoms with Gasteiger partial charge in [-0.15, -0.1) is 0 Å². The molecule has 1 aliphatic heterocycles. The molecule has 3 rings (SSSR count). The van der Waals surface area contributed by atoms with Gasteiger partial charge in [0, 0.05) is 25.1 Å². The Morgan fingerprint density at radius 3 is 2.59 bits per heavy atom. The fraction of sp³-hybridized carbons (Fsp3) is 0.350. The minimum Gasteiger partial charge on any atom is -0.481 e. The van der Waals surface area contributed by atoms with Crippen LogP contribution < -0.4 is 10.6 Å². The van der Waals surface area contributed by atoms with Gasteiger partial charge >= 0.3 is 5.97 Å². The van der Waals surface area contributed by atoms with Crippen molar-refractivity contribution in [1.29, 1.82) is 0 Å². The normalized spacial score (nSPS) is 19.0. The predicted octanol–water partition coefficient (Wildman–Crippen LogP) is 1.71. The van der Waals surface area contributed by atoms with Crippen LogP contribution in [-0.2, 0) is 14.3 Å². The molecule has 27 heavy (non-hydrogen) atoms. The Kier molecular flexibility index (Phi) is 5.71. The Morgan fingerprint density at radius 2 is 1.89 bits per heavy atom. The van der Waals surface area contributed by atoms with Crippen LogP contribution in [0, 0.1) is 0 Å². The molecule has 0 spiro atoms. The summed E-state index contributed by atoms with van der Waals surface area (Å²) >= 11 is 0. The van der Waals surface area contributed by atoms with Gasteiger partial charge in [0.1, 0.15) is 0 Å². The number of hydrogen-bond donors (Lipinski definition) is 3. The fourth-order valence-corrected chi connectivity index (χ4v) is 3.26. The van der Waals surface area contributed by atoms with Crippen molar-refractivity contribution in [3.63, 3.8) is 0 Å². The van der Waals surface area contributed by atoms with E-state index < -0.39 is 11.5 Å². The molecule has 0 radical (unpaired) electrons. The topological polar surface area (TPSA) is 105 Å². The molecule has 3 N–H and O–H groups in total. The van der Waals surface area contributed by atoms with Crippen molar-refractivity contribution in [2.24, 2.45) is 0 Å². The Hall–Kier alpha value is -2.93. The van der Waals surface area contributed by atoms with Gasteiger partial charge in [-0.3, -0.25) is 14.4 Å². The van der Waals surface area contributed by atoms with Gasteiger partial charge in [0.15, 0.2) is 0 Å². The molecule has 7 heteroatoms. The molecule has 0 bridgehead atoms. The zero-order valence-corrected chi connectivity index (χ0v) is 14.9. The summed E-state index contributed by atoms with van der Waals surface area (Å²) in [5.41, 5.74) is -0.328. The lowest BCUT2D eigenvalue weighted by atomic mass is 9.94. The third-order valence-electron chi connectivity index (χ3n) is 4.65. The summed E-state index contributed by atoms with van der Waals surface area (Å²) in [7, 11) is 0. The van der Waals surface area contributed by atoms with Gasteiger partial charge in [0.05, 0.1) is 18.6 Å². The van der Waals surface area contributed by atoms with E-state index in [1.54, 1.807) is 6.07 Å². The Morgan fingerprint density at radius 1 is 1.11 bits per heavy atom. The molecule has 142 valence electrons. The van der Waals surface area contributed by atoms with Crippen molar-refractivity contribution in [3.05, 3.63) is 48.0 Å². The van der Waals surface area contributed by atoms with Crippen LogP contribution in [0.1, 0.15) is 29.6 Å². The lowest BCUT2D eigenvalue weighted by Gasteiger charge is -2.27. The summed E-state index contributed by atoms with van der Waals surface area (Å²) in [5, 5.41) is 16.6. The first-order valence-corrected chi connectivity index (χ1v) is 8.85. The van der Waals surface area contributed by atoms with Crippen molar-refractivity contribution in [1.82, 2.24) is 10.6 Å². The van der Waals surface area contributed by atoms with Crippen molar-refractivity contribution < 1.29 is 24.2 Å². The average molecular weight is 370 g/mol. The summed E-state index contributed by atoms with van der Waals surface area (Å²) in [5.74, 6) is -1.54. The summed E-state index contributed by atoms with van der Waals surface area (Å²) < 4.78 is 5.25. The minimum atomic E-state index is -0.981. The summed E-state index contributed by atoms with van der Waals surface area (Å²) in [4.78, 5) is 35.5. The van der Waals surface area contributed by atoms with Gasteiger partial charge in [0.2, 0.25) is 5.91 Å². The number of nitrogens with one attached hydrogen (secondary N) is 2. The maximum Gasteiger partial charge on any atom is 0.305 e. The van der Waals surface area contributed by atoms with Crippen LogP contribution >= 0.6 is 0 Å². The van der Waals surface area contributed by atoms with Crippen LogP contribution in [0.2, 0.25) is 0 Å².